The normalized spacial score (nSPS) is 14.8. The summed E-state index contributed by atoms with van der Waals surface area (Å²) in [7, 11) is 0. The molecule has 2 N–H and O–H groups in total. The SMILES string of the molecule is CCN1CC(Cn2cc(-c3cnc4ccc(Sc5n[nH]c(C=CC(C)=N)n5)cc4c3)cn2)C1. The second kappa shape index (κ2) is 9.29. The maximum Gasteiger partial charge on any atom is 0.213 e. The van der Waals surface area contributed by atoms with Crippen LogP contribution in [0, 0.1) is 11.3 Å². The van der Waals surface area contributed by atoms with E-state index in [-0.39, 0.29) is 0 Å². The Morgan fingerprint density at radius 1 is 1.24 bits per heavy atom. The van der Waals surface area contributed by atoms with Crippen molar-refractivity contribution in [2.45, 2.75) is 30.4 Å². The number of hydrogen-bond donors (Lipinski definition) is 2. The van der Waals surface area contributed by atoms with Crippen LogP contribution in [-0.2, 0) is 6.54 Å². The van der Waals surface area contributed by atoms with Crippen LogP contribution in [0.15, 0.2) is 59.0 Å². The molecule has 0 aliphatic carbocycles. The summed E-state index contributed by atoms with van der Waals surface area (Å²) < 4.78 is 2.05. The molecular formula is C24H26N8S. The number of likely N-dealkylation sites (tertiary alicyclic amines) is 1. The summed E-state index contributed by atoms with van der Waals surface area (Å²) in [6.07, 6.45) is 9.40. The zero-order valence-electron chi connectivity index (χ0n) is 18.7. The highest BCUT2D eigenvalue weighted by molar-refractivity contribution is 7.99. The van der Waals surface area contributed by atoms with E-state index in [0.29, 0.717) is 22.6 Å². The monoisotopic (exact) mass is 458 g/mol. The summed E-state index contributed by atoms with van der Waals surface area (Å²) in [5.41, 5.74) is 3.56. The number of hydrogen-bond acceptors (Lipinski definition) is 7. The number of benzene rings is 1. The number of aromatic nitrogens is 6. The third kappa shape index (κ3) is 5.04. The molecular weight excluding hydrogens is 432 g/mol. The van der Waals surface area contributed by atoms with Crippen LogP contribution in [0.3, 0.4) is 0 Å². The quantitative estimate of drug-likeness (QED) is 0.380. The zero-order valence-corrected chi connectivity index (χ0v) is 19.5. The Morgan fingerprint density at radius 3 is 2.94 bits per heavy atom. The van der Waals surface area contributed by atoms with Gasteiger partial charge in [0.05, 0.1) is 11.7 Å². The highest BCUT2D eigenvalue weighted by atomic mass is 32.2. The van der Waals surface area contributed by atoms with Gasteiger partial charge < -0.3 is 10.3 Å². The van der Waals surface area contributed by atoms with Gasteiger partial charge in [0.25, 0.3) is 0 Å². The molecule has 0 unspecified atom stereocenters. The first kappa shape index (κ1) is 21.5. The third-order valence-corrected chi connectivity index (χ3v) is 6.58. The van der Waals surface area contributed by atoms with E-state index >= 15 is 0 Å². The Hall–Kier alpha value is -3.30. The molecule has 4 heterocycles. The number of rotatable bonds is 8. The predicted molar refractivity (Wildman–Crippen MR) is 132 cm³/mol. The molecule has 9 heteroatoms. The number of H-pyrrole nitrogens is 1. The summed E-state index contributed by atoms with van der Waals surface area (Å²) >= 11 is 1.49. The number of fused-ring (bicyclic) bond motifs is 1. The molecule has 0 amide bonds. The van der Waals surface area contributed by atoms with Gasteiger partial charge in [0.2, 0.25) is 5.16 Å². The van der Waals surface area contributed by atoms with Crippen LogP contribution in [0.1, 0.15) is 19.7 Å². The van der Waals surface area contributed by atoms with Gasteiger partial charge in [-0.1, -0.05) is 6.92 Å². The molecule has 1 aromatic carbocycles. The van der Waals surface area contributed by atoms with Gasteiger partial charge in [-0.25, -0.2) is 4.98 Å². The van der Waals surface area contributed by atoms with Crippen molar-refractivity contribution in [2.75, 3.05) is 19.6 Å². The van der Waals surface area contributed by atoms with E-state index in [1.807, 2.05) is 24.5 Å². The topological polar surface area (TPSA) is 99.4 Å². The molecule has 0 atom stereocenters. The lowest BCUT2D eigenvalue weighted by atomic mass is 10.0. The van der Waals surface area contributed by atoms with Crippen molar-refractivity contribution < 1.29 is 0 Å². The van der Waals surface area contributed by atoms with E-state index in [9.17, 15) is 0 Å². The molecule has 33 heavy (non-hydrogen) atoms. The van der Waals surface area contributed by atoms with E-state index in [2.05, 4.69) is 60.1 Å². The number of nitrogens with one attached hydrogen (secondary N) is 2. The standard InChI is InChI=1S/C24H26N8S/c1-3-31-12-17(13-31)14-32-15-20(11-27-32)19-8-18-9-21(5-6-22(18)26-10-19)33-24-28-23(29-30-24)7-4-16(2)25/h4-11,15,17,25H,3,12-14H2,1-2H3,(H,28,29,30). The van der Waals surface area contributed by atoms with Gasteiger partial charge in [-0.05, 0) is 61.6 Å². The van der Waals surface area contributed by atoms with Crippen molar-refractivity contribution in [1.82, 2.24) is 34.8 Å². The lowest BCUT2D eigenvalue weighted by molar-refractivity contribution is 0.0917. The molecule has 168 valence electrons. The Balaban J connectivity index is 1.31. The Bertz CT molecular complexity index is 1320. The molecule has 8 nitrogen and oxygen atoms in total. The van der Waals surface area contributed by atoms with E-state index in [1.165, 1.54) is 11.8 Å². The summed E-state index contributed by atoms with van der Waals surface area (Å²) in [5.74, 6) is 1.32. The number of nitrogens with zero attached hydrogens (tertiary/aromatic N) is 6. The average Bonchev–Trinajstić information content (AvgIpc) is 3.43. The molecule has 0 spiro atoms. The molecule has 5 rings (SSSR count). The van der Waals surface area contributed by atoms with Crippen LogP contribution in [-0.4, -0.2) is 60.2 Å². The van der Waals surface area contributed by atoms with E-state index in [0.717, 1.165) is 53.1 Å². The molecule has 3 aromatic heterocycles. The zero-order chi connectivity index (χ0) is 22.8. The summed E-state index contributed by atoms with van der Waals surface area (Å²) in [4.78, 5) is 12.6. The molecule has 0 saturated carbocycles. The van der Waals surface area contributed by atoms with Gasteiger partial charge in [-0.2, -0.15) is 5.10 Å². The summed E-state index contributed by atoms with van der Waals surface area (Å²) in [6.45, 7) is 8.34. The number of pyridine rings is 1. The lowest BCUT2D eigenvalue weighted by Crippen LogP contribution is -2.48. The van der Waals surface area contributed by atoms with E-state index in [4.69, 9.17) is 5.41 Å². The number of allylic oxidation sites excluding steroid dienone is 1. The van der Waals surface area contributed by atoms with Crippen molar-refractivity contribution in [1.29, 1.82) is 5.41 Å². The summed E-state index contributed by atoms with van der Waals surface area (Å²) in [6, 6.07) is 8.33. The van der Waals surface area contributed by atoms with Crippen molar-refractivity contribution >= 4 is 34.5 Å². The molecule has 4 aromatic rings. The van der Waals surface area contributed by atoms with Crippen LogP contribution in [0.5, 0.6) is 0 Å². The van der Waals surface area contributed by atoms with Gasteiger partial charge in [0, 0.05) is 65.1 Å². The fraction of sp³-hybridized carbons (Fsp3) is 0.292. The van der Waals surface area contributed by atoms with Crippen LogP contribution in [0.4, 0.5) is 0 Å². The van der Waals surface area contributed by atoms with Crippen molar-refractivity contribution in [3.63, 3.8) is 0 Å². The van der Waals surface area contributed by atoms with E-state index in [1.54, 1.807) is 19.1 Å². The predicted octanol–water partition coefficient (Wildman–Crippen LogP) is 4.37. The highest BCUT2D eigenvalue weighted by Crippen LogP contribution is 2.29. The van der Waals surface area contributed by atoms with Gasteiger partial charge in [0.15, 0.2) is 0 Å². The van der Waals surface area contributed by atoms with Gasteiger partial charge in [-0.15, -0.1) is 5.10 Å². The second-order valence-corrected chi connectivity index (χ2v) is 9.41. The highest BCUT2D eigenvalue weighted by Gasteiger charge is 2.25. The summed E-state index contributed by atoms with van der Waals surface area (Å²) in [5, 5.41) is 20.9. The van der Waals surface area contributed by atoms with E-state index < -0.39 is 0 Å². The van der Waals surface area contributed by atoms with Crippen LogP contribution in [0.2, 0.25) is 0 Å². The fourth-order valence-corrected chi connectivity index (χ4v) is 4.71. The minimum absolute atomic E-state index is 0.468. The second-order valence-electron chi connectivity index (χ2n) is 8.37. The average molecular weight is 459 g/mol. The molecule has 0 radical (unpaired) electrons. The van der Waals surface area contributed by atoms with Crippen LogP contribution in [0.25, 0.3) is 28.1 Å². The Kier molecular flexibility index (Phi) is 6.06. The Labute approximate surface area is 196 Å². The number of aromatic amines is 1. The van der Waals surface area contributed by atoms with Crippen LogP contribution >= 0.6 is 11.8 Å². The smallest absolute Gasteiger partial charge is 0.213 e. The van der Waals surface area contributed by atoms with Gasteiger partial charge in [-0.3, -0.25) is 14.8 Å². The van der Waals surface area contributed by atoms with Crippen molar-refractivity contribution in [2.24, 2.45) is 5.92 Å². The molecule has 1 saturated heterocycles. The molecule has 1 aliphatic heterocycles. The minimum Gasteiger partial charge on any atom is -0.306 e. The Morgan fingerprint density at radius 2 is 2.12 bits per heavy atom. The van der Waals surface area contributed by atoms with Crippen LogP contribution < -0.4 is 0 Å². The third-order valence-electron chi connectivity index (χ3n) is 5.73. The lowest BCUT2D eigenvalue weighted by Gasteiger charge is -2.38. The van der Waals surface area contributed by atoms with Crippen molar-refractivity contribution in [3.05, 3.63) is 54.8 Å². The molecule has 0 bridgehead atoms. The minimum atomic E-state index is 0.468. The first-order valence-corrected chi connectivity index (χ1v) is 11.9. The first-order chi connectivity index (χ1) is 16.1. The first-order valence-electron chi connectivity index (χ1n) is 11.0. The van der Waals surface area contributed by atoms with Gasteiger partial charge >= 0.3 is 0 Å². The molecule has 1 fully saturated rings. The largest absolute Gasteiger partial charge is 0.306 e. The van der Waals surface area contributed by atoms with Gasteiger partial charge in [0.1, 0.15) is 5.82 Å². The molecule has 1 aliphatic rings. The van der Waals surface area contributed by atoms with Crippen molar-refractivity contribution in [3.8, 4) is 11.1 Å². The fourth-order valence-electron chi connectivity index (χ4n) is 3.95. The maximum atomic E-state index is 7.48. The maximum absolute atomic E-state index is 7.48.